The maximum Gasteiger partial charge on any atom is 0.142 e. The van der Waals surface area contributed by atoms with Gasteiger partial charge in [0.25, 0.3) is 0 Å². The van der Waals surface area contributed by atoms with Crippen LogP contribution in [0.4, 0.5) is 5.82 Å². The van der Waals surface area contributed by atoms with Gasteiger partial charge in [0.2, 0.25) is 0 Å². The first-order valence-electron chi connectivity index (χ1n) is 4.11. The van der Waals surface area contributed by atoms with E-state index in [0.717, 1.165) is 16.7 Å². The van der Waals surface area contributed by atoms with Crippen molar-refractivity contribution in [1.29, 1.82) is 0 Å². The smallest absolute Gasteiger partial charge is 0.142 e. The summed E-state index contributed by atoms with van der Waals surface area (Å²) in [7, 11) is 1.61. The second-order valence-electron chi connectivity index (χ2n) is 2.88. The van der Waals surface area contributed by atoms with E-state index in [2.05, 4.69) is 4.98 Å². The Bertz CT molecular complexity index is 485. The van der Waals surface area contributed by atoms with Crippen molar-refractivity contribution in [2.45, 2.75) is 0 Å². The number of benzene rings is 1. The molecule has 0 amide bonds. The highest BCUT2D eigenvalue weighted by Crippen LogP contribution is 2.29. The van der Waals surface area contributed by atoms with E-state index in [-0.39, 0.29) is 0 Å². The van der Waals surface area contributed by atoms with Crippen molar-refractivity contribution >= 4 is 28.3 Å². The number of nitrogen functional groups attached to an aromatic ring is 1. The number of rotatable bonds is 1. The highest BCUT2D eigenvalue weighted by atomic mass is 35.5. The summed E-state index contributed by atoms with van der Waals surface area (Å²) in [4.78, 5) is 4.15. The van der Waals surface area contributed by atoms with E-state index in [4.69, 9.17) is 22.1 Å². The summed E-state index contributed by atoms with van der Waals surface area (Å²) in [5.74, 6) is 1.09. The third-order valence-electron chi connectivity index (χ3n) is 2.02. The van der Waals surface area contributed by atoms with E-state index in [1.165, 1.54) is 0 Å². The molecule has 2 rings (SSSR count). The van der Waals surface area contributed by atoms with Crippen LogP contribution in [0, 0.1) is 0 Å². The molecule has 0 bridgehead atoms. The Labute approximate surface area is 86.5 Å². The normalized spacial score (nSPS) is 10.4. The SMILES string of the molecule is COc1cccc2nc(N)c(Cl)cc12. The second kappa shape index (κ2) is 3.35. The quantitative estimate of drug-likeness (QED) is 0.783. The van der Waals surface area contributed by atoms with Crippen LogP contribution in [0.15, 0.2) is 24.3 Å². The molecule has 0 spiro atoms. The predicted molar refractivity (Wildman–Crippen MR) is 57.7 cm³/mol. The highest BCUT2D eigenvalue weighted by molar-refractivity contribution is 6.33. The van der Waals surface area contributed by atoms with E-state index in [1.807, 2.05) is 18.2 Å². The zero-order chi connectivity index (χ0) is 10.1. The molecule has 0 fully saturated rings. The Morgan fingerprint density at radius 2 is 2.21 bits per heavy atom. The first-order chi connectivity index (χ1) is 6.72. The molecule has 3 nitrogen and oxygen atoms in total. The van der Waals surface area contributed by atoms with Crippen molar-refractivity contribution in [2.24, 2.45) is 0 Å². The minimum Gasteiger partial charge on any atom is -0.496 e. The first-order valence-corrected chi connectivity index (χ1v) is 4.49. The Balaban J connectivity index is 2.81. The number of hydrogen-bond donors (Lipinski definition) is 1. The molecule has 1 aromatic heterocycles. The molecule has 1 heterocycles. The van der Waals surface area contributed by atoms with Gasteiger partial charge in [0.1, 0.15) is 11.6 Å². The van der Waals surface area contributed by atoms with Crippen LogP contribution in [0.3, 0.4) is 0 Å². The van der Waals surface area contributed by atoms with Crippen molar-refractivity contribution in [3.63, 3.8) is 0 Å². The van der Waals surface area contributed by atoms with Crippen molar-refractivity contribution in [3.05, 3.63) is 29.3 Å². The lowest BCUT2D eigenvalue weighted by atomic mass is 10.2. The van der Waals surface area contributed by atoms with Gasteiger partial charge in [-0.25, -0.2) is 4.98 Å². The van der Waals surface area contributed by atoms with E-state index >= 15 is 0 Å². The number of pyridine rings is 1. The maximum absolute atomic E-state index is 5.87. The van der Waals surface area contributed by atoms with Gasteiger partial charge in [0.05, 0.1) is 17.6 Å². The molecular formula is C10H9ClN2O. The number of nitrogens with two attached hydrogens (primary N) is 1. The minimum absolute atomic E-state index is 0.340. The molecule has 2 N–H and O–H groups in total. The van der Waals surface area contributed by atoms with E-state index in [0.29, 0.717) is 10.8 Å². The second-order valence-corrected chi connectivity index (χ2v) is 3.29. The molecule has 1 aromatic carbocycles. The molecule has 0 unspecified atom stereocenters. The van der Waals surface area contributed by atoms with E-state index in [9.17, 15) is 0 Å². The summed E-state index contributed by atoms with van der Waals surface area (Å²) in [6, 6.07) is 7.35. The van der Waals surface area contributed by atoms with Crippen molar-refractivity contribution in [2.75, 3.05) is 12.8 Å². The lowest BCUT2D eigenvalue weighted by Crippen LogP contribution is -1.93. The molecule has 14 heavy (non-hydrogen) atoms. The van der Waals surface area contributed by atoms with E-state index in [1.54, 1.807) is 13.2 Å². The van der Waals surface area contributed by atoms with Crippen LogP contribution < -0.4 is 10.5 Å². The van der Waals surface area contributed by atoms with Gasteiger partial charge in [0.15, 0.2) is 0 Å². The standard InChI is InChI=1S/C10H9ClN2O/c1-14-9-4-2-3-8-6(9)5-7(11)10(12)13-8/h2-5H,1H3,(H2,12,13). The van der Waals surface area contributed by atoms with Crippen LogP contribution in [0.1, 0.15) is 0 Å². The number of nitrogens with zero attached hydrogens (tertiary/aromatic N) is 1. The van der Waals surface area contributed by atoms with Gasteiger partial charge in [-0.15, -0.1) is 0 Å². The number of aromatic nitrogens is 1. The molecule has 0 aliphatic rings. The van der Waals surface area contributed by atoms with Gasteiger partial charge in [-0.05, 0) is 18.2 Å². The molecule has 0 atom stereocenters. The number of methoxy groups -OCH3 is 1. The molecule has 4 heteroatoms. The molecule has 0 saturated carbocycles. The van der Waals surface area contributed by atoms with E-state index < -0.39 is 0 Å². The van der Waals surface area contributed by atoms with Crippen molar-refractivity contribution in [1.82, 2.24) is 4.98 Å². The van der Waals surface area contributed by atoms with Crippen LogP contribution >= 0.6 is 11.6 Å². The first kappa shape index (κ1) is 9.09. The lowest BCUT2D eigenvalue weighted by Gasteiger charge is -2.05. The third kappa shape index (κ3) is 1.36. The molecular weight excluding hydrogens is 200 g/mol. The topological polar surface area (TPSA) is 48.1 Å². The van der Waals surface area contributed by atoms with Gasteiger partial charge in [-0.3, -0.25) is 0 Å². The lowest BCUT2D eigenvalue weighted by molar-refractivity contribution is 0.420. The van der Waals surface area contributed by atoms with Crippen LogP contribution in [-0.2, 0) is 0 Å². The van der Waals surface area contributed by atoms with Crippen LogP contribution in [0.2, 0.25) is 5.02 Å². The van der Waals surface area contributed by atoms with Gasteiger partial charge in [-0.1, -0.05) is 17.7 Å². The van der Waals surface area contributed by atoms with Gasteiger partial charge in [-0.2, -0.15) is 0 Å². The Morgan fingerprint density at radius 1 is 1.43 bits per heavy atom. The summed E-state index contributed by atoms with van der Waals surface area (Å²) < 4.78 is 5.18. The number of hydrogen-bond acceptors (Lipinski definition) is 3. The number of anilines is 1. The van der Waals surface area contributed by atoms with Crippen molar-refractivity contribution in [3.8, 4) is 5.75 Å². The van der Waals surface area contributed by atoms with Crippen LogP contribution in [0.25, 0.3) is 10.9 Å². The average Bonchev–Trinajstić information content (AvgIpc) is 2.19. The molecule has 0 aliphatic carbocycles. The monoisotopic (exact) mass is 208 g/mol. The largest absolute Gasteiger partial charge is 0.496 e. The highest BCUT2D eigenvalue weighted by Gasteiger charge is 2.05. The summed E-state index contributed by atoms with van der Waals surface area (Å²) in [5, 5.41) is 1.32. The summed E-state index contributed by atoms with van der Waals surface area (Å²) in [6.45, 7) is 0. The Morgan fingerprint density at radius 3 is 2.93 bits per heavy atom. The molecule has 2 aromatic rings. The fourth-order valence-electron chi connectivity index (χ4n) is 1.34. The molecule has 0 saturated heterocycles. The van der Waals surface area contributed by atoms with Gasteiger partial charge in [0, 0.05) is 5.39 Å². The molecule has 72 valence electrons. The number of ether oxygens (including phenoxy) is 1. The maximum atomic E-state index is 5.87. The predicted octanol–water partition coefficient (Wildman–Crippen LogP) is 2.48. The van der Waals surface area contributed by atoms with Crippen molar-refractivity contribution < 1.29 is 4.74 Å². The van der Waals surface area contributed by atoms with Crippen LogP contribution in [0.5, 0.6) is 5.75 Å². The molecule has 0 aliphatic heterocycles. The summed E-state index contributed by atoms with van der Waals surface area (Å²) in [6.07, 6.45) is 0. The molecule has 0 radical (unpaired) electrons. The van der Waals surface area contributed by atoms with Crippen LogP contribution in [-0.4, -0.2) is 12.1 Å². The summed E-state index contributed by atoms with van der Waals surface area (Å²) in [5.41, 5.74) is 6.38. The zero-order valence-corrected chi connectivity index (χ0v) is 8.38. The number of fused-ring (bicyclic) bond motifs is 1. The fourth-order valence-corrected chi connectivity index (χ4v) is 1.49. The third-order valence-corrected chi connectivity index (χ3v) is 2.32. The number of halogens is 1. The summed E-state index contributed by atoms with van der Waals surface area (Å²) >= 11 is 5.87. The Kier molecular flexibility index (Phi) is 2.17. The average molecular weight is 209 g/mol. The van der Waals surface area contributed by atoms with Gasteiger partial charge < -0.3 is 10.5 Å². The fraction of sp³-hybridized carbons (Fsp3) is 0.100. The van der Waals surface area contributed by atoms with Gasteiger partial charge >= 0.3 is 0 Å². The zero-order valence-electron chi connectivity index (χ0n) is 7.62. The minimum atomic E-state index is 0.340. The Hall–Kier alpha value is -1.48.